The van der Waals surface area contributed by atoms with Crippen molar-refractivity contribution in [1.29, 1.82) is 0 Å². The number of hydrogen-bond acceptors (Lipinski definition) is 2. The van der Waals surface area contributed by atoms with Crippen LogP contribution in [0.4, 0.5) is 28.9 Å². The van der Waals surface area contributed by atoms with Crippen molar-refractivity contribution in [2.24, 2.45) is 0 Å². The molecule has 0 atom stereocenters. The van der Waals surface area contributed by atoms with Crippen molar-refractivity contribution in [3.05, 3.63) is 23.5 Å². The maximum absolute atomic E-state index is 12.9. The van der Waals surface area contributed by atoms with Crippen molar-refractivity contribution < 1.29 is 17.6 Å². The summed E-state index contributed by atoms with van der Waals surface area (Å²) in [4.78, 5) is 0. The van der Waals surface area contributed by atoms with Crippen LogP contribution in [0.15, 0.2) is 12.1 Å². The molecule has 84 valence electrons. The molecule has 0 amide bonds. The first-order valence-electron chi connectivity index (χ1n) is 4.16. The minimum atomic E-state index is -4.32. The molecular weight excluding hydrogens is 212 g/mol. The molecule has 0 aromatic heterocycles. The van der Waals surface area contributed by atoms with Crippen LogP contribution >= 0.6 is 0 Å². The number of halogens is 4. The van der Waals surface area contributed by atoms with Crippen LogP contribution in [0.25, 0.3) is 0 Å². The van der Waals surface area contributed by atoms with Gasteiger partial charge in [0.1, 0.15) is 12.4 Å². The SMILES string of the molecule is Cc1cc(NCC(F)(F)F)c(N)cc1F. The predicted octanol–water partition coefficient (Wildman–Crippen LogP) is 2.69. The zero-order chi connectivity index (χ0) is 11.6. The molecular formula is C9H10F4N2. The fourth-order valence-electron chi connectivity index (χ4n) is 1.05. The van der Waals surface area contributed by atoms with E-state index in [2.05, 4.69) is 5.32 Å². The second-order valence-electron chi connectivity index (χ2n) is 3.16. The first-order valence-corrected chi connectivity index (χ1v) is 4.16. The van der Waals surface area contributed by atoms with Crippen LogP contribution in [0.2, 0.25) is 0 Å². The summed E-state index contributed by atoms with van der Waals surface area (Å²) in [5.74, 6) is -0.537. The zero-order valence-corrected chi connectivity index (χ0v) is 7.95. The maximum atomic E-state index is 12.9. The Hall–Kier alpha value is -1.46. The zero-order valence-electron chi connectivity index (χ0n) is 7.95. The quantitative estimate of drug-likeness (QED) is 0.596. The summed E-state index contributed by atoms with van der Waals surface area (Å²) >= 11 is 0. The van der Waals surface area contributed by atoms with E-state index in [0.717, 1.165) is 6.07 Å². The third-order valence-electron chi connectivity index (χ3n) is 1.81. The van der Waals surface area contributed by atoms with E-state index >= 15 is 0 Å². The minimum absolute atomic E-state index is 0.0395. The molecule has 1 aromatic carbocycles. The van der Waals surface area contributed by atoms with Crippen molar-refractivity contribution in [2.75, 3.05) is 17.6 Å². The van der Waals surface area contributed by atoms with E-state index < -0.39 is 18.5 Å². The number of alkyl halides is 3. The van der Waals surface area contributed by atoms with E-state index in [0.29, 0.717) is 0 Å². The van der Waals surface area contributed by atoms with Crippen molar-refractivity contribution in [1.82, 2.24) is 0 Å². The van der Waals surface area contributed by atoms with E-state index in [4.69, 9.17) is 5.73 Å². The Bertz CT molecular complexity index is 360. The Morgan fingerprint density at radius 1 is 1.33 bits per heavy atom. The van der Waals surface area contributed by atoms with Crippen molar-refractivity contribution in [2.45, 2.75) is 13.1 Å². The lowest BCUT2D eigenvalue weighted by Crippen LogP contribution is -2.21. The van der Waals surface area contributed by atoms with Gasteiger partial charge in [-0.3, -0.25) is 0 Å². The average molecular weight is 222 g/mol. The van der Waals surface area contributed by atoms with Gasteiger partial charge >= 0.3 is 6.18 Å². The topological polar surface area (TPSA) is 38.0 Å². The number of nitrogens with two attached hydrogens (primary N) is 1. The fourth-order valence-corrected chi connectivity index (χ4v) is 1.05. The highest BCUT2D eigenvalue weighted by molar-refractivity contribution is 5.67. The third-order valence-corrected chi connectivity index (χ3v) is 1.81. The second-order valence-corrected chi connectivity index (χ2v) is 3.16. The van der Waals surface area contributed by atoms with E-state index in [1.807, 2.05) is 0 Å². The molecule has 0 aliphatic carbocycles. The predicted molar refractivity (Wildman–Crippen MR) is 50.1 cm³/mol. The molecule has 1 rings (SSSR count). The van der Waals surface area contributed by atoms with Gasteiger partial charge in [-0.05, 0) is 24.6 Å². The van der Waals surface area contributed by atoms with Crippen molar-refractivity contribution in [3.63, 3.8) is 0 Å². The fraction of sp³-hybridized carbons (Fsp3) is 0.333. The molecule has 0 bridgehead atoms. The van der Waals surface area contributed by atoms with Gasteiger partial charge in [0.15, 0.2) is 0 Å². The van der Waals surface area contributed by atoms with Crippen LogP contribution < -0.4 is 11.1 Å². The monoisotopic (exact) mass is 222 g/mol. The molecule has 0 aliphatic heterocycles. The summed E-state index contributed by atoms with van der Waals surface area (Å²) in [5, 5.41) is 2.10. The van der Waals surface area contributed by atoms with Crippen molar-refractivity contribution >= 4 is 11.4 Å². The van der Waals surface area contributed by atoms with Crippen LogP contribution in [-0.4, -0.2) is 12.7 Å². The van der Waals surface area contributed by atoms with Crippen LogP contribution in [0.5, 0.6) is 0 Å². The standard InChI is InChI=1S/C9H10F4N2/c1-5-2-8(7(14)3-6(5)10)15-4-9(11,12)13/h2-3,15H,4,14H2,1H3. The second kappa shape index (κ2) is 3.96. The summed E-state index contributed by atoms with van der Waals surface area (Å²) in [7, 11) is 0. The lowest BCUT2D eigenvalue weighted by molar-refractivity contribution is -0.115. The molecule has 2 nitrogen and oxygen atoms in total. The Kier molecular flexibility index (Phi) is 3.06. The normalized spacial score (nSPS) is 11.5. The van der Waals surface area contributed by atoms with Gasteiger partial charge in [0.05, 0.1) is 11.4 Å². The molecule has 0 spiro atoms. The van der Waals surface area contributed by atoms with Gasteiger partial charge in [0.25, 0.3) is 0 Å². The molecule has 0 fully saturated rings. The van der Waals surface area contributed by atoms with E-state index in [9.17, 15) is 17.6 Å². The van der Waals surface area contributed by atoms with Crippen LogP contribution in [0, 0.1) is 12.7 Å². The Morgan fingerprint density at radius 3 is 2.47 bits per heavy atom. The van der Waals surface area contributed by atoms with E-state index in [1.54, 1.807) is 0 Å². The summed E-state index contributed by atoms with van der Waals surface area (Å²) in [5.41, 5.74) is 5.64. The van der Waals surface area contributed by atoms with E-state index in [1.165, 1.54) is 13.0 Å². The highest BCUT2D eigenvalue weighted by Crippen LogP contribution is 2.24. The first kappa shape index (κ1) is 11.6. The highest BCUT2D eigenvalue weighted by Gasteiger charge is 2.26. The number of aryl methyl sites for hydroxylation is 1. The molecule has 0 radical (unpaired) electrons. The van der Waals surface area contributed by atoms with Gasteiger partial charge in [-0.1, -0.05) is 0 Å². The number of nitrogens with one attached hydrogen (secondary N) is 1. The van der Waals surface area contributed by atoms with Crippen LogP contribution in [-0.2, 0) is 0 Å². The molecule has 0 unspecified atom stereocenters. The largest absolute Gasteiger partial charge is 0.405 e. The number of rotatable bonds is 2. The van der Waals surface area contributed by atoms with E-state index in [-0.39, 0.29) is 16.9 Å². The lowest BCUT2D eigenvalue weighted by Gasteiger charge is -2.12. The Labute approximate surface area is 84.1 Å². The van der Waals surface area contributed by atoms with Gasteiger partial charge in [-0.15, -0.1) is 0 Å². The van der Waals surface area contributed by atoms with Gasteiger partial charge < -0.3 is 11.1 Å². The Morgan fingerprint density at radius 2 is 1.93 bits per heavy atom. The number of nitrogen functional groups attached to an aromatic ring is 1. The van der Waals surface area contributed by atoms with Crippen LogP contribution in [0.1, 0.15) is 5.56 Å². The first-order chi connectivity index (χ1) is 6.79. The molecule has 0 heterocycles. The third kappa shape index (κ3) is 3.30. The van der Waals surface area contributed by atoms with Crippen molar-refractivity contribution in [3.8, 4) is 0 Å². The number of benzene rings is 1. The Balaban J connectivity index is 2.82. The van der Waals surface area contributed by atoms with Gasteiger partial charge in [0.2, 0.25) is 0 Å². The molecule has 0 saturated carbocycles. The number of anilines is 2. The maximum Gasteiger partial charge on any atom is 0.405 e. The van der Waals surface area contributed by atoms with Gasteiger partial charge in [-0.2, -0.15) is 13.2 Å². The minimum Gasteiger partial charge on any atom is -0.397 e. The molecule has 0 saturated heterocycles. The lowest BCUT2D eigenvalue weighted by atomic mass is 10.2. The number of hydrogen-bond donors (Lipinski definition) is 2. The van der Waals surface area contributed by atoms with Crippen LogP contribution in [0.3, 0.4) is 0 Å². The smallest absolute Gasteiger partial charge is 0.397 e. The van der Waals surface area contributed by atoms with Gasteiger partial charge in [0, 0.05) is 0 Å². The molecule has 3 N–H and O–H groups in total. The summed E-state index contributed by atoms with van der Waals surface area (Å²) in [6.07, 6.45) is -4.32. The molecule has 15 heavy (non-hydrogen) atoms. The molecule has 1 aromatic rings. The highest BCUT2D eigenvalue weighted by atomic mass is 19.4. The summed E-state index contributed by atoms with van der Waals surface area (Å²) in [6, 6.07) is 2.24. The summed E-state index contributed by atoms with van der Waals surface area (Å²) < 4.78 is 48.5. The molecule has 6 heteroatoms. The average Bonchev–Trinajstić information content (AvgIpc) is 2.07. The summed E-state index contributed by atoms with van der Waals surface area (Å²) in [6.45, 7) is 0.260. The van der Waals surface area contributed by atoms with Gasteiger partial charge in [-0.25, -0.2) is 4.39 Å². The molecule has 0 aliphatic rings.